The lowest BCUT2D eigenvalue weighted by Gasteiger charge is -2.20. The Morgan fingerprint density at radius 2 is 2.00 bits per heavy atom. The fraction of sp³-hybridized carbons (Fsp3) is 0.133. The van der Waals surface area contributed by atoms with Gasteiger partial charge >= 0.3 is 0 Å². The van der Waals surface area contributed by atoms with Gasteiger partial charge in [-0.2, -0.15) is 0 Å². The average molecular weight is 350 g/mol. The molecule has 21 heavy (non-hydrogen) atoms. The second-order valence-corrected chi connectivity index (χ2v) is 5.81. The van der Waals surface area contributed by atoms with E-state index in [1.165, 1.54) is 6.07 Å². The molecule has 4 nitrogen and oxygen atoms in total. The highest BCUT2D eigenvalue weighted by molar-refractivity contribution is 9.10. The predicted octanol–water partition coefficient (Wildman–Crippen LogP) is 3.80. The van der Waals surface area contributed by atoms with Crippen molar-refractivity contribution in [1.29, 1.82) is 0 Å². The number of nitrogen functional groups attached to an aromatic ring is 1. The van der Waals surface area contributed by atoms with Crippen molar-refractivity contribution in [2.45, 2.75) is 12.8 Å². The van der Waals surface area contributed by atoms with E-state index in [4.69, 9.17) is 5.73 Å². The van der Waals surface area contributed by atoms with Gasteiger partial charge in [0.05, 0.1) is 17.1 Å². The standard InChI is InChI=1S/C15H13BrFN3O/c16-9-2-3-12(10(17)6-9)19-14-7-13-8(5-11(14)18)1-4-15(21)20-13/h2-3,5-7,19H,1,4,18H2,(H,20,21). The van der Waals surface area contributed by atoms with Crippen LogP contribution in [-0.4, -0.2) is 5.91 Å². The number of benzene rings is 2. The Kier molecular flexibility index (Phi) is 3.55. The van der Waals surface area contributed by atoms with Gasteiger partial charge in [0.2, 0.25) is 5.91 Å². The number of hydrogen-bond donors (Lipinski definition) is 3. The molecule has 1 aliphatic rings. The molecular weight excluding hydrogens is 337 g/mol. The van der Waals surface area contributed by atoms with Crippen molar-refractivity contribution in [3.05, 3.63) is 46.2 Å². The number of anilines is 4. The highest BCUT2D eigenvalue weighted by Crippen LogP contribution is 2.33. The molecule has 0 fully saturated rings. The first-order valence-corrected chi connectivity index (χ1v) is 7.26. The molecule has 1 amide bonds. The number of carbonyl (C=O) groups excluding carboxylic acids is 1. The summed E-state index contributed by atoms with van der Waals surface area (Å²) >= 11 is 3.21. The fourth-order valence-electron chi connectivity index (χ4n) is 2.29. The van der Waals surface area contributed by atoms with E-state index in [0.29, 0.717) is 34.4 Å². The van der Waals surface area contributed by atoms with E-state index in [1.54, 1.807) is 18.2 Å². The normalized spacial score (nSPS) is 13.5. The summed E-state index contributed by atoms with van der Waals surface area (Å²) in [7, 11) is 0. The minimum Gasteiger partial charge on any atom is -0.397 e. The van der Waals surface area contributed by atoms with E-state index in [0.717, 1.165) is 11.3 Å². The van der Waals surface area contributed by atoms with Gasteiger partial charge in [-0.15, -0.1) is 0 Å². The maximum Gasteiger partial charge on any atom is 0.224 e. The molecule has 0 radical (unpaired) electrons. The van der Waals surface area contributed by atoms with Crippen LogP contribution in [-0.2, 0) is 11.2 Å². The minimum absolute atomic E-state index is 0.0203. The quantitative estimate of drug-likeness (QED) is 0.722. The number of aryl methyl sites for hydroxylation is 1. The van der Waals surface area contributed by atoms with Crippen molar-refractivity contribution in [1.82, 2.24) is 0 Å². The zero-order valence-corrected chi connectivity index (χ0v) is 12.6. The van der Waals surface area contributed by atoms with Crippen LogP contribution in [0.4, 0.5) is 27.1 Å². The number of hydrogen-bond acceptors (Lipinski definition) is 3. The summed E-state index contributed by atoms with van der Waals surface area (Å²) in [6.45, 7) is 0. The van der Waals surface area contributed by atoms with Gasteiger partial charge in [-0.1, -0.05) is 15.9 Å². The molecule has 2 aromatic carbocycles. The second kappa shape index (κ2) is 5.37. The molecule has 0 atom stereocenters. The molecule has 0 bridgehead atoms. The van der Waals surface area contributed by atoms with Crippen LogP contribution >= 0.6 is 15.9 Å². The lowest BCUT2D eigenvalue weighted by molar-refractivity contribution is -0.116. The molecule has 0 aromatic heterocycles. The van der Waals surface area contributed by atoms with E-state index in [1.807, 2.05) is 6.07 Å². The van der Waals surface area contributed by atoms with Gasteiger partial charge in [0.1, 0.15) is 5.82 Å². The van der Waals surface area contributed by atoms with Gasteiger partial charge in [0.25, 0.3) is 0 Å². The third kappa shape index (κ3) is 2.85. The van der Waals surface area contributed by atoms with E-state index in [2.05, 4.69) is 26.6 Å². The van der Waals surface area contributed by atoms with Gasteiger partial charge in [0.15, 0.2) is 0 Å². The van der Waals surface area contributed by atoms with Gasteiger partial charge < -0.3 is 16.4 Å². The maximum absolute atomic E-state index is 13.9. The van der Waals surface area contributed by atoms with Crippen molar-refractivity contribution < 1.29 is 9.18 Å². The Balaban J connectivity index is 1.95. The van der Waals surface area contributed by atoms with Crippen LogP contribution in [0.5, 0.6) is 0 Å². The molecule has 108 valence electrons. The Labute approximate surface area is 129 Å². The third-order valence-electron chi connectivity index (χ3n) is 3.37. The fourth-order valence-corrected chi connectivity index (χ4v) is 2.63. The number of rotatable bonds is 2. The summed E-state index contributed by atoms with van der Waals surface area (Å²) in [5.74, 6) is -0.404. The van der Waals surface area contributed by atoms with Crippen molar-refractivity contribution in [2.75, 3.05) is 16.4 Å². The molecule has 0 spiro atoms. The average Bonchev–Trinajstić information content (AvgIpc) is 2.43. The molecule has 0 saturated heterocycles. The highest BCUT2D eigenvalue weighted by atomic mass is 79.9. The van der Waals surface area contributed by atoms with E-state index in [9.17, 15) is 9.18 Å². The number of fused-ring (bicyclic) bond motifs is 1. The van der Waals surface area contributed by atoms with E-state index >= 15 is 0 Å². The van der Waals surface area contributed by atoms with Crippen LogP contribution in [0.1, 0.15) is 12.0 Å². The molecule has 6 heteroatoms. The first-order valence-electron chi connectivity index (χ1n) is 6.47. The summed E-state index contributed by atoms with van der Waals surface area (Å²) in [5.41, 5.74) is 9.13. The Morgan fingerprint density at radius 3 is 2.76 bits per heavy atom. The third-order valence-corrected chi connectivity index (χ3v) is 3.86. The van der Waals surface area contributed by atoms with Crippen molar-refractivity contribution in [3.63, 3.8) is 0 Å². The van der Waals surface area contributed by atoms with Crippen molar-refractivity contribution in [2.24, 2.45) is 0 Å². The molecule has 0 aliphatic carbocycles. The van der Waals surface area contributed by atoms with Crippen LogP contribution in [0.3, 0.4) is 0 Å². The molecule has 0 unspecified atom stereocenters. The Morgan fingerprint density at radius 1 is 1.19 bits per heavy atom. The number of carbonyl (C=O) groups is 1. The van der Waals surface area contributed by atoms with Crippen molar-refractivity contribution >= 4 is 44.6 Å². The monoisotopic (exact) mass is 349 g/mol. The molecule has 1 heterocycles. The van der Waals surface area contributed by atoms with Crippen LogP contribution in [0, 0.1) is 5.82 Å². The van der Waals surface area contributed by atoms with E-state index in [-0.39, 0.29) is 11.7 Å². The topological polar surface area (TPSA) is 67.2 Å². The first kappa shape index (κ1) is 13.9. The molecule has 3 rings (SSSR count). The Bertz CT molecular complexity index is 733. The SMILES string of the molecule is Nc1cc2c(cc1Nc1ccc(Br)cc1F)NC(=O)CC2. The number of amides is 1. The van der Waals surface area contributed by atoms with E-state index < -0.39 is 0 Å². The van der Waals surface area contributed by atoms with Crippen LogP contribution in [0.25, 0.3) is 0 Å². The molecular formula is C15H13BrFN3O. The van der Waals surface area contributed by atoms with Crippen LogP contribution in [0.15, 0.2) is 34.8 Å². The van der Waals surface area contributed by atoms with Gasteiger partial charge in [-0.3, -0.25) is 4.79 Å². The highest BCUT2D eigenvalue weighted by Gasteiger charge is 2.17. The minimum atomic E-state index is -0.384. The summed E-state index contributed by atoms with van der Waals surface area (Å²) in [6.07, 6.45) is 1.12. The summed E-state index contributed by atoms with van der Waals surface area (Å²) < 4.78 is 14.5. The summed E-state index contributed by atoms with van der Waals surface area (Å²) in [6, 6.07) is 8.29. The van der Waals surface area contributed by atoms with Crippen molar-refractivity contribution in [3.8, 4) is 0 Å². The lowest BCUT2D eigenvalue weighted by Crippen LogP contribution is -2.19. The maximum atomic E-state index is 13.9. The molecule has 1 aliphatic heterocycles. The largest absolute Gasteiger partial charge is 0.397 e. The molecule has 0 saturated carbocycles. The summed E-state index contributed by atoms with van der Waals surface area (Å²) in [5, 5.41) is 5.76. The predicted molar refractivity (Wildman–Crippen MR) is 85.2 cm³/mol. The lowest BCUT2D eigenvalue weighted by atomic mass is 10.0. The molecule has 4 N–H and O–H groups in total. The number of nitrogens with two attached hydrogens (primary N) is 1. The van der Waals surface area contributed by atoms with Gasteiger partial charge in [-0.05, 0) is 42.3 Å². The smallest absolute Gasteiger partial charge is 0.224 e. The zero-order valence-electron chi connectivity index (χ0n) is 11.0. The van der Waals surface area contributed by atoms with Crippen LogP contribution < -0.4 is 16.4 Å². The molecule has 2 aromatic rings. The first-order chi connectivity index (χ1) is 10.0. The summed E-state index contributed by atoms with van der Waals surface area (Å²) in [4.78, 5) is 11.4. The second-order valence-electron chi connectivity index (χ2n) is 4.89. The zero-order chi connectivity index (χ0) is 15.0. The van der Waals surface area contributed by atoms with Gasteiger partial charge in [0, 0.05) is 16.6 Å². The van der Waals surface area contributed by atoms with Gasteiger partial charge in [-0.25, -0.2) is 4.39 Å². The number of nitrogens with one attached hydrogen (secondary N) is 2. The number of halogens is 2. The Hall–Kier alpha value is -2.08. The van der Waals surface area contributed by atoms with Crippen LogP contribution in [0.2, 0.25) is 0 Å².